The summed E-state index contributed by atoms with van der Waals surface area (Å²) < 4.78 is 38.0. The maximum Gasteiger partial charge on any atom is 0.493 e. The lowest BCUT2D eigenvalue weighted by molar-refractivity contribution is -0.227. The molecule has 0 radical (unpaired) electrons. The molecule has 4 N–H and O–H groups in total. The van der Waals surface area contributed by atoms with E-state index in [4.69, 9.17) is 11.6 Å². The molecule has 0 atom stereocenters. The number of hydrogen-bond donors (Lipinski definition) is 2. The van der Waals surface area contributed by atoms with E-state index in [1.807, 2.05) is 12.1 Å². The normalized spacial score (nSPS) is 11.1. The van der Waals surface area contributed by atoms with Gasteiger partial charge in [0.15, 0.2) is 0 Å². The SMILES string of the molecule is N/N=C/c1ccc2cc(C#CCN(OC(=O)C(F)(F)F)C(=O)c3ccc(N)cc3)ccc2c1. The van der Waals surface area contributed by atoms with Gasteiger partial charge >= 0.3 is 12.1 Å². The lowest BCUT2D eigenvalue weighted by atomic mass is 10.0. The standard InChI is InChI=1S/C23H17F3N4O3/c24-23(25,26)22(32)33-30(21(31)17-7-9-20(27)10-8-17)11-1-2-15-3-5-19-13-16(14-29-28)4-6-18(19)12-15/h3-10,12-14H,11,27-28H2/b29-14+. The van der Waals surface area contributed by atoms with Crippen LogP contribution in [0.15, 0.2) is 65.8 Å². The minimum Gasteiger partial charge on any atom is -0.399 e. The molecule has 0 saturated carbocycles. The molecular formula is C23H17F3N4O3. The Morgan fingerprint density at radius 1 is 1.03 bits per heavy atom. The summed E-state index contributed by atoms with van der Waals surface area (Å²) in [6.07, 6.45) is -3.78. The van der Waals surface area contributed by atoms with Gasteiger partial charge in [-0.25, -0.2) is 4.79 Å². The first kappa shape index (κ1) is 23.1. The van der Waals surface area contributed by atoms with E-state index in [2.05, 4.69) is 21.8 Å². The monoisotopic (exact) mass is 454 g/mol. The molecule has 168 valence electrons. The van der Waals surface area contributed by atoms with Crippen LogP contribution < -0.4 is 11.6 Å². The Morgan fingerprint density at radius 3 is 2.36 bits per heavy atom. The molecule has 0 fully saturated rings. The number of fused-ring (bicyclic) bond motifs is 1. The molecule has 3 aromatic carbocycles. The van der Waals surface area contributed by atoms with Crippen molar-refractivity contribution in [2.45, 2.75) is 6.18 Å². The molecule has 3 aromatic rings. The van der Waals surface area contributed by atoms with Crippen molar-refractivity contribution < 1.29 is 27.6 Å². The number of nitrogen functional groups attached to an aromatic ring is 1. The number of alkyl halides is 3. The highest BCUT2D eigenvalue weighted by atomic mass is 19.4. The van der Waals surface area contributed by atoms with Gasteiger partial charge in [0.05, 0.1) is 6.21 Å². The summed E-state index contributed by atoms with van der Waals surface area (Å²) in [5.41, 5.74) is 7.24. The number of hydroxylamine groups is 2. The van der Waals surface area contributed by atoms with Crippen molar-refractivity contribution in [3.8, 4) is 11.8 Å². The summed E-state index contributed by atoms with van der Waals surface area (Å²) in [7, 11) is 0. The molecular weight excluding hydrogens is 437 g/mol. The first-order valence-electron chi connectivity index (χ1n) is 9.40. The maximum absolute atomic E-state index is 12.7. The minimum atomic E-state index is -5.28. The zero-order valence-electron chi connectivity index (χ0n) is 17.0. The van der Waals surface area contributed by atoms with Crippen molar-refractivity contribution in [1.82, 2.24) is 5.06 Å². The second-order valence-corrected chi connectivity index (χ2v) is 6.74. The van der Waals surface area contributed by atoms with Gasteiger partial charge in [-0.15, -0.1) is 0 Å². The van der Waals surface area contributed by atoms with Gasteiger partial charge in [0.1, 0.15) is 6.54 Å². The Balaban J connectivity index is 1.83. The molecule has 0 saturated heterocycles. The number of halogens is 3. The van der Waals surface area contributed by atoms with Crippen molar-refractivity contribution in [3.63, 3.8) is 0 Å². The molecule has 7 nitrogen and oxygen atoms in total. The summed E-state index contributed by atoms with van der Waals surface area (Å²) in [4.78, 5) is 28.1. The summed E-state index contributed by atoms with van der Waals surface area (Å²) in [5.74, 6) is 6.96. The Labute approximate surface area is 186 Å². The van der Waals surface area contributed by atoms with Crippen LogP contribution >= 0.6 is 0 Å². The maximum atomic E-state index is 12.7. The minimum absolute atomic E-state index is 0.0245. The second-order valence-electron chi connectivity index (χ2n) is 6.74. The van der Waals surface area contributed by atoms with Crippen LogP contribution in [0.3, 0.4) is 0 Å². The molecule has 1 amide bonds. The highest BCUT2D eigenvalue weighted by Gasteiger charge is 2.43. The van der Waals surface area contributed by atoms with Crippen LogP contribution in [0.2, 0.25) is 0 Å². The third kappa shape index (κ3) is 6.01. The largest absolute Gasteiger partial charge is 0.493 e. The number of rotatable bonds is 3. The van der Waals surface area contributed by atoms with Crippen molar-refractivity contribution in [1.29, 1.82) is 0 Å². The topological polar surface area (TPSA) is 111 Å². The van der Waals surface area contributed by atoms with E-state index >= 15 is 0 Å². The van der Waals surface area contributed by atoms with Gasteiger partial charge in [0.25, 0.3) is 5.91 Å². The van der Waals surface area contributed by atoms with Crippen LogP contribution in [0, 0.1) is 11.8 Å². The number of carbonyl (C=O) groups excluding carboxylic acids is 2. The summed E-state index contributed by atoms with van der Waals surface area (Å²) in [6, 6.07) is 16.1. The van der Waals surface area contributed by atoms with Gasteiger partial charge in [-0.2, -0.15) is 23.3 Å². The molecule has 0 unspecified atom stereocenters. The van der Waals surface area contributed by atoms with Crippen LogP contribution in [0.1, 0.15) is 21.5 Å². The molecule has 0 spiro atoms. The molecule has 0 aliphatic heterocycles. The first-order chi connectivity index (χ1) is 15.7. The highest BCUT2D eigenvalue weighted by molar-refractivity contribution is 5.95. The quantitative estimate of drug-likeness (QED) is 0.208. The van der Waals surface area contributed by atoms with Crippen molar-refractivity contribution in [2.24, 2.45) is 10.9 Å². The van der Waals surface area contributed by atoms with Gasteiger partial charge in [0.2, 0.25) is 0 Å². The van der Waals surface area contributed by atoms with Crippen LogP contribution in [0.25, 0.3) is 10.8 Å². The van der Waals surface area contributed by atoms with Crippen LogP contribution in [-0.4, -0.2) is 35.9 Å². The van der Waals surface area contributed by atoms with E-state index in [9.17, 15) is 22.8 Å². The first-order valence-corrected chi connectivity index (χ1v) is 9.40. The van der Waals surface area contributed by atoms with E-state index in [0.29, 0.717) is 11.3 Å². The lowest BCUT2D eigenvalue weighted by Gasteiger charge is -2.19. The number of hydrogen-bond acceptors (Lipinski definition) is 6. The third-order valence-corrected chi connectivity index (χ3v) is 4.35. The predicted octanol–water partition coefficient (Wildman–Crippen LogP) is 3.23. The number of hydrazone groups is 1. The number of benzene rings is 3. The Morgan fingerprint density at radius 2 is 1.70 bits per heavy atom. The van der Waals surface area contributed by atoms with E-state index in [1.54, 1.807) is 24.3 Å². The van der Waals surface area contributed by atoms with E-state index in [-0.39, 0.29) is 10.6 Å². The molecule has 0 aromatic heterocycles. The van der Waals surface area contributed by atoms with Gasteiger partial charge in [-0.3, -0.25) is 4.79 Å². The van der Waals surface area contributed by atoms with Gasteiger partial charge in [0, 0.05) is 16.8 Å². The van der Waals surface area contributed by atoms with Crippen molar-refractivity contribution in [3.05, 3.63) is 77.4 Å². The Kier molecular flexibility index (Phi) is 6.83. The third-order valence-electron chi connectivity index (χ3n) is 4.35. The number of nitrogens with two attached hydrogens (primary N) is 2. The highest BCUT2D eigenvalue weighted by Crippen LogP contribution is 2.19. The molecule has 33 heavy (non-hydrogen) atoms. The van der Waals surface area contributed by atoms with Crippen molar-refractivity contribution in [2.75, 3.05) is 12.3 Å². The summed E-state index contributed by atoms with van der Waals surface area (Å²) in [6.45, 7) is -0.588. The van der Waals surface area contributed by atoms with Crippen LogP contribution in [-0.2, 0) is 9.63 Å². The molecule has 10 heteroatoms. The fourth-order valence-corrected chi connectivity index (χ4v) is 2.79. The smallest absolute Gasteiger partial charge is 0.399 e. The average molecular weight is 454 g/mol. The molecule has 0 heterocycles. The zero-order chi connectivity index (χ0) is 24.0. The summed E-state index contributed by atoms with van der Waals surface area (Å²) in [5, 5.41) is 5.48. The fourth-order valence-electron chi connectivity index (χ4n) is 2.79. The summed E-state index contributed by atoms with van der Waals surface area (Å²) >= 11 is 0. The van der Waals surface area contributed by atoms with Crippen LogP contribution in [0.5, 0.6) is 0 Å². The number of anilines is 1. The van der Waals surface area contributed by atoms with E-state index in [1.165, 1.54) is 30.5 Å². The Hall–Kier alpha value is -4.52. The van der Waals surface area contributed by atoms with Crippen LogP contribution in [0.4, 0.5) is 18.9 Å². The van der Waals surface area contributed by atoms with Gasteiger partial charge in [-0.1, -0.05) is 30.0 Å². The number of amides is 1. The molecule has 0 aliphatic carbocycles. The number of carbonyl (C=O) groups is 2. The average Bonchev–Trinajstić information content (AvgIpc) is 2.78. The van der Waals surface area contributed by atoms with E-state index in [0.717, 1.165) is 16.3 Å². The zero-order valence-corrected chi connectivity index (χ0v) is 17.0. The number of nitrogens with zero attached hydrogens (tertiary/aromatic N) is 2. The predicted molar refractivity (Wildman–Crippen MR) is 117 cm³/mol. The second kappa shape index (κ2) is 9.74. The Bertz CT molecular complexity index is 1280. The molecule has 0 bridgehead atoms. The molecule has 0 aliphatic rings. The van der Waals surface area contributed by atoms with E-state index < -0.39 is 24.6 Å². The molecule has 3 rings (SSSR count). The van der Waals surface area contributed by atoms with Gasteiger partial charge in [-0.05, 0) is 58.8 Å². The van der Waals surface area contributed by atoms with Gasteiger partial charge < -0.3 is 16.4 Å². The van der Waals surface area contributed by atoms with Crippen molar-refractivity contribution >= 4 is 34.6 Å². The lowest BCUT2D eigenvalue weighted by Crippen LogP contribution is -2.38. The fraction of sp³-hybridized carbons (Fsp3) is 0.0870.